The molecule has 1 fully saturated rings. The molecule has 0 spiro atoms. The summed E-state index contributed by atoms with van der Waals surface area (Å²) in [5, 5.41) is 33.4. The fourth-order valence-electron chi connectivity index (χ4n) is 7.17. The van der Waals surface area contributed by atoms with E-state index in [9.17, 15) is 20.3 Å². The smallest absolute Gasteiger partial charge is 0.320 e. The number of carboxylic acids is 1. The van der Waals surface area contributed by atoms with Crippen LogP contribution in [0.3, 0.4) is 0 Å². The number of aromatic nitrogens is 1. The molecule has 0 saturated carbocycles. The van der Waals surface area contributed by atoms with E-state index < -0.39 is 18.1 Å². The van der Waals surface area contributed by atoms with Crippen LogP contribution in [0.4, 0.5) is 0 Å². The molecule has 0 radical (unpaired) electrons. The average molecular weight is 789 g/mol. The molecule has 0 amide bonds. The summed E-state index contributed by atoms with van der Waals surface area (Å²) in [6.45, 7) is 7.30. The molecule has 2 atom stereocenters. The number of likely N-dealkylation sites (tertiary alicyclic amines) is 1. The van der Waals surface area contributed by atoms with Crippen molar-refractivity contribution in [2.75, 3.05) is 26.2 Å². The van der Waals surface area contributed by atoms with Gasteiger partial charge in [0.2, 0.25) is 0 Å². The van der Waals surface area contributed by atoms with Gasteiger partial charge in [-0.2, -0.15) is 5.26 Å². The molecular formula is C46H49ClN4O6. The number of aliphatic hydroxyl groups excluding tert-OH is 1. The predicted octanol–water partition coefficient (Wildman–Crippen LogP) is 8.58. The molecule has 296 valence electrons. The van der Waals surface area contributed by atoms with Crippen molar-refractivity contribution >= 4 is 17.6 Å². The lowest BCUT2D eigenvalue weighted by atomic mass is 9.93. The quantitative estimate of drug-likeness (QED) is 0.0741. The summed E-state index contributed by atoms with van der Waals surface area (Å²) < 4.78 is 18.9. The minimum absolute atomic E-state index is 0.151. The van der Waals surface area contributed by atoms with E-state index in [1.807, 2.05) is 59.5 Å². The highest BCUT2D eigenvalue weighted by atomic mass is 35.5. The molecule has 1 aliphatic heterocycles. The molecule has 0 bridgehead atoms. The zero-order valence-corrected chi connectivity index (χ0v) is 33.2. The van der Waals surface area contributed by atoms with Crippen molar-refractivity contribution in [2.24, 2.45) is 0 Å². The molecule has 1 aliphatic rings. The first-order valence-corrected chi connectivity index (χ1v) is 19.7. The molecule has 10 nitrogen and oxygen atoms in total. The molecule has 1 saturated heterocycles. The summed E-state index contributed by atoms with van der Waals surface area (Å²) in [7, 11) is 0. The first-order chi connectivity index (χ1) is 27.7. The standard InChI is InChI=1S/C46H49ClN4O6/c1-31-36(13-8-14-38(31)39-15-9-17-43(32(39)2)55-20-10-18-49-27-42(52)35-11-4-3-5-12-35)30-57-45-23-44(56-29-34-21-33(24-48)25-50-26-34)37(22-40(45)47)28-51-19-7-6-16-41(51)46(53)54/h3-5,8-9,11-15,17,21-23,25-26,41-42,49,52H,6-7,10,16,18-20,27-30H2,1-2H3,(H,53,54)/t41-,42?/m0/s1. The molecule has 1 unspecified atom stereocenters. The van der Waals surface area contributed by atoms with Crippen molar-refractivity contribution in [3.63, 3.8) is 0 Å². The van der Waals surface area contributed by atoms with Gasteiger partial charge in [-0.25, -0.2) is 0 Å². The van der Waals surface area contributed by atoms with Gasteiger partial charge in [0, 0.05) is 42.7 Å². The minimum atomic E-state index is -0.838. The van der Waals surface area contributed by atoms with E-state index in [1.165, 1.54) is 6.20 Å². The molecule has 6 rings (SSSR count). The van der Waals surface area contributed by atoms with Crippen LogP contribution in [0.25, 0.3) is 11.1 Å². The third-order valence-corrected chi connectivity index (χ3v) is 10.7. The van der Waals surface area contributed by atoms with Crippen molar-refractivity contribution in [1.82, 2.24) is 15.2 Å². The number of benzene rings is 4. The number of hydrogen-bond donors (Lipinski definition) is 3. The number of pyridine rings is 1. The maximum Gasteiger partial charge on any atom is 0.320 e. The van der Waals surface area contributed by atoms with Crippen LogP contribution in [-0.2, 0) is 24.6 Å². The SMILES string of the molecule is Cc1c(COc2cc(OCc3cncc(C#N)c3)c(CN3CCCC[C@H]3C(=O)O)cc2Cl)cccc1-c1cccc(OCCCNCC(O)c2ccccc2)c1C. The lowest BCUT2D eigenvalue weighted by molar-refractivity contribution is -0.144. The van der Waals surface area contributed by atoms with Crippen LogP contribution in [-0.4, -0.2) is 58.3 Å². The zero-order chi connectivity index (χ0) is 40.1. The average Bonchev–Trinajstić information content (AvgIpc) is 3.23. The number of ether oxygens (including phenoxy) is 3. The van der Waals surface area contributed by atoms with E-state index in [1.54, 1.807) is 24.4 Å². The van der Waals surface area contributed by atoms with Crippen molar-refractivity contribution in [3.8, 4) is 34.4 Å². The van der Waals surface area contributed by atoms with Crippen LogP contribution in [0.15, 0.2) is 97.3 Å². The molecular weight excluding hydrogens is 740 g/mol. The normalized spacial score (nSPS) is 14.8. The number of hydrogen-bond acceptors (Lipinski definition) is 9. The van der Waals surface area contributed by atoms with Gasteiger partial charge in [-0.05, 0) is 97.8 Å². The van der Waals surface area contributed by atoms with Crippen molar-refractivity contribution < 1.29 is 29.2 Å². The Labute approximate surface area is 339 Å². The lowest BCUT2D eigenvalue weighted by Gasteiger charge is -2.33. The van der Waals surface area contributed by atoms with E-state index in [0.717, 1.165) is 76.1 Å². The van der Waals surface area contributed by atoms with Gasteiger partial charge in [0.1, 0.15) is 42.6 Å². The van der Waals surface area contributed by atoms with Gasteiger partial charge in [0.05, 0.1) is 23.3 Å². The number of nitriles is 1. The van der Waals surface area contributed by atoms with E-state index in [0.29, 0.717) is 54.7 Å². The highest BCUT2D eigenvalue weighted by Gasteiger charge is 2.29. The topological polar surface area (TPSA) is 137 Å². The van der Waals surface area contributed by atoms with Crippen LogP contribution in [0.2, 0.25) is 5.02 Å². The van der Waals surface area contributed by atoms with Gasteiger partial charge in [0.25, 0.3) is 0 Å². The third-order valence-electron chi connectivity index (χ3n) is 10.4. The number of piperidine rings is 1. The first kappa shape index (κ1) is 41.2. The Balaban J connectivity index is 1.13. The molecule has 3 N–H and O–H groups in total. The van der Waals surface area contributed by atoms with Crippen molar-refractivity contribution in [2.45, 2.75) is 71.4 Å². The Morgan fingerprint density at radius 3 is 2.47 bits per heavy atom. The van der Waals surface area contributed by atoms with Crippen LogP contribution < -0.4 is 19.5 Å². The Bertz CT molecular complexity index is 2180. The number of nitrogens with zero attached hydrogens (tertiary/aromatic N) is 3. The number of carbonyl (C=O) groups is 1. The number of aliphatic carboxylic acids is 1. The summed E-state index contributed by atoms with van der Waals surface area (Å²) >= 11 is 6.86. The highest BCUT2D eigenvalue weighted by molar-refractivity contribution is 6.32. The summed E-state index contributed by atoms with van der Waals surface area (Å²) in [5.74, 6) is 0.944. The zero-order valence-electron chi connectivity index (χ0n) is 32.4. The Kier molecular flexibility index (Phi) is 14.5. The van der Waals surface area contributed by atoms with E-state index >= 15 is 0 Å². The molecule has 5 aromatic rings. The first-order valence-electron chi connectivity index (χ1n) is 19.4. The van der Waals surface area contributed by atoms with Crippen molar-refractivity contribution in [1.29, 1.82) is 5.26 Å². The van der Waals surface area contributed by atoms with Gasteiger partial charge < -0.3 is 29.7 Å². The summed E-state index contributed by atoms with van der Waals surface area (Å²) in [4.78, 5) is 18.2. The summed E-state index contributed by atoms with van der Waals surface area (Å²) in [6.07, 6.45) is 5.76. The fraction of sp³-hybridized carbons (Fsp3) is 0.326. The minimum Gasteiger partial charge on any atom is -0.493 e. The second-order valence-corrected chi connectivity index (χ2v) is 14.7. The molecule has 2 heterocycles. The summed E-state index contributed by atoms with van der Waals surface area (Å²) in [6, 6.07) is 28.7. The third kappa shape index (κ3) is 10.9. The molecule has 4 aromatic carbocycles. The molecule has 11 heteroatoms. The van der Waals surface area contributed by atoms with Crippen LogP contribution >= 0.6 is 11.6 Å². The van der Waals surface area contributed by atoms with Gasteiger partial charge in [0.15, 0.2) is 0 Å². The van der Waals surface area contributed by atoms with Gasteiger partial charge in [-0.3, -0.25) is 14.7 Å². The second kappa shape index (κ2) is 20.1. The monoisotopic (exact) mass is 788 g/mol. The number of halogens is 1. The Hall–Kier alpha value is -5.44. The van der Waals surface area contributed by atoms with E-state index in [-0.39, 0.29) is 13.2 Å². The Morgan fingerprint density at radius 2 is 1.68 bits per heavy atom. The maximum atomic E-state index is 12.1. The van der Waals surface area contributed by atoms with Gasteiger partial charge >= 0.3 is 5.97 Å². The highest BCUT2D eigenvalue weighted by Crippen LogP contribution is 2.37. The maximum absolute atomic E-state index is 12.1. The van der Waals surface area contributed by atoms with Crippen molar-refractivity contribution in [3.05, 3.63) is 141 Å². The number of aliphatic hydroxyl groups is 1. The fourth-order valence-corrected chi connectivity index (χ4v) is 7.41. The van der Waals surface area contributed by atoms with Gasteiger partial charge in [-0.1, -0.05) is 78.7 Å². The van der Waals surface area contributed by atoms with Gasteiger partial charge in [-0.15, -0.1) is 0 Å². The van der Waals surface area contributed by atoms with Crippen LogP contribution in [0, 0.1) is 25.2 Å². The number of rotatable bonds is 18. The van der Waals surface area contributed by atoms with E-state index in [4.69, 9.17) is 25.8 Å². The van der Waals surface area contributed by atoms with Crippen LogP contribution in [0.1, 0.15) is 70.7 Å². The molecule has 57 heavy (non-hydrogen) atoms. The Morgan fingerprint density at radius 1 is 0.912 bits per heavy atom. The lowest BCUT2D eigenvalue weighted by Crippen LogP contribution is -2.44. The second-order valence-electron chi connectivity index (χ2n) is 14.3. The van der Waals surface area contributed by atoms with Crippen LogP contribution in [0.5, 0.6) is 17.2 Å². The molecule has 0 aliphatic carbocycles. The van der Waals surface area contributed by atoms with E-state index in [2.05, 4.69) is 42.4 Å². The number of nitrogens with one attached hydrogen (secondary N) is 1. The predicted molar refractivity (Wildman–Crippen MR) is 220 cm³/mol. The number of carboxylic acid groups (broad SMARTS) is 1. The largest absolute Gasteiger partial charge is 0.493 e. The summed E-state index contributed by atoms with van der Waals surface area (Å²) in [5.41, 5.74) is 8.04. The molecule has 1 aromatic heterocycles.